The van der Waals surface area contributed by atoms with Crippen molar-refractivity contribution in [3.63, 3.8) is 0 Å². The predicted octanol–water partition coefficient (Wildman–Crippen LogP) is 2.68. The Balaban J connectivity index is 1.66. The average molecular weight is 335 g/mol. The summed E-state index contributed by atoms with van der Waals surface area (Å²) in [5, 5.41) is 0. The van der Waals surface area contributed by atoms with Crippen LogP contribution in [0.15, 0.2) is 41.4 Å². The molecule has 0 amide bonds. The van der Waals surface area contributed by atoms with Gasteiger partial charge in [0.15, 0.2) is 0 Å². The fraction of sp³-hybridized carbons (Fsp3) is 0.357. The first-order valence-corrected chi connectivity index (χ1v) is 7.40. The van der Waals surface area contributed by atoms with Gasteiger partial charge in [-0.3, -0.25) is 4.98 Å². The maximum absolute atomic E-state index is 5.96. The highest BCUT2D eigenvalue weighted by molar-refractivity contribution is 9.10. The van der Waals surface area contributed by atoms with E-state index in [0.29, 0.717) is 0 Å². The third kappa shape index (κ3) is 3.25. The van der Waals surface area contributed by atoms with Crippen LogP contribution in [0.5, 0.6) is 5.75 Å². The van der Waals surface area contributed by atoms with Crippen molar-refractivity contribution < 1.29 is 4.74 Å². The first-order valence-electron chi connectivity index (χ1n) is 6.60. The molecule has 1 atom stereocenters. The van der Waals surface area contributed by atoms with Crippen LogP contribution in [0.4, 0.5) is 5.95 Å². The monoisotopic (exact) mass is 334 g/mol. The van der Waals surface area contributed by atoms with E-state index in [4.69, 9.17) is 4.74 Å². The number of aromatic nitrogens is 3. The Kier molecular flexibility index (Phi) is 4.11. The summed E-state index contributed by atoms with van der Waals surface area (Å²) in [6, 6.07) is 3.82. The number of piperidine rings is 1. The number of ether oxygens (including phenoxy) is 1. The number of hydrogen-bond donors (Lipinski definition) is 0. The Bertz CT molecular complexity index is 549. The van der Waals surface area contributed by atoms with Crippen LogP contribution >= 0.6 is 15.9 Å². The zero-order valence-electron chi connectivity index (χ0n) is 10.9. The summed E-state index contributed by atoms with van der Waals surface area (Å²) < 4.78 is 6.85. The second-order valence-corrected chi connectivity index (χ2v) is 5.63. The van der Waals surface area contributed by atoms with Crippen LogP contribution in [0, 0.1) is 0 Å². The summed E-state index contributed by atoms with van der Waals surface area (Å²) >= 11 is 3.35. The number of halogens is 1. The molecule has 1 unspecified atom stereocenters. The summed E-state index contributed by atoms with van der Waals surface area (Å²) in [5.74, 6) is 1.57. The summed E-state index contributed by atoms with van der Waals surface area (Å²) in [6.07, 6.45) is 9.30. The lowest BCUT2D eigenvalue weighted by Gasteiger charge is -2.32. The Labute approximate surface area is 126 Å². The van der Waals surface area contributed by atoms with Gasteiger partial charge in [-0.25, -0.2) is 9.97 Å². The van der Waals surface area contributed by atoms with Crippen molar-refractivity contribution in [2.75, 3.05) is 18.0 Å². The molecule has 0 saturated carbocycles. The van der Waals surface area contributed by atoms with Crippen molar-refractivity contribution in [1.82, 2.24) is 15.0 Å². The van der Waals surface area contributed by atoms with E-state index in [1.165, 1.54) is 0 Å². The number of hydrogen-bond acceptors (Lipinski definition) is 5. The maximum Gasteiger partial charge on any atom is 0.225 e. The third-order valence-electron chi connectivity index (χ3n) is 3.20. The van der Waals surface area contributed by atoms with Gasteiger partial charge in [0.05, 0.1) is 17.2 Å². The van der Waals surface area contributed by atoms with Gasteiger partial charge in [-0.05, 0) is 40.9 Å². The molecular formula is C14H15BrN4O. The number of rotatable bonds is 3. The fourth-order valence-electron chi connectivity index (χ4n) is 2.29. The Morgan fingerprint density at radius 3 is 2.85 bits per heavy atom. The molecule has 0 spiro atoms. The molecule has 1 fully saturated rings. The van der Waals surface area contributed by atoms with Gasteiger partial charge in [-0.2, -0.15) is 0 Å². The van der Waals surface area contributed by atoms with Crippen LogP contribution in [-0.2, 0) is 0 Å². The molecule has 0 aromatic carbocycles. The van der Waals surface area contributed by atoms with Gasteiger partial charge in [-0.1, -0.05) is 0 Å². The molecule has 0 aliphatic carbocycles. The van der Waals surface area contributed by atoms with Crippen molar-refractivity contribution in [3.05, 3.63) is 41.4 Å². The minimum absolute atomic E-state index is 0.153. The second kappa shape index (κ2) is 6.17. The van der Waals surface area contributed by atoms with Crippen molar-refractivity contribution in [3.8, 4) is 5.75 Å². The third-order valence-corrected chi connectivity index (χ3v) is 3.61. The first-order chi connectivity index (χ1) is 9.81. The van der Waals surface area contributed by atoms with Gasteiger partial charge in [-0.15, -0.1) is 0 Å². The molecular weight excluding hydrogens is 320 g/mol. The Hall–Kier alpha value is -1.69. The normalized spacial score (nSPS) is 18.9. The molecule has 1 aliphatic heterocycles. The Morgan fingerprint density at radius 1 is 1.25 bits per heavy atom. The summed E-state index contributed by atoms with van der Waals surface area (Å²) in [6.45, 7) is 1.77. The average Bonchev–Trinajstić information content (AvgIpc) is 2.49. The lowest BCUT2D eigenvalue weighted by atomic mass is 10.1. The summed E-state index contributed by atoms with van der Waals surface area (Å²) in [7, 11) is 0. The van der Waals surface area contributed by atoms with E-state index >= 15 is 0 Å². The van der Waals surface area contributed by atoms with Crippen LogP contribution < -0.4 is 9.64 Å². The van der Waals surface area contributed by atoms with Crippen LogP contribution in [0.3, 0.4) is 0 Å². The van der Waals surface area contributed by atoms with Crippen LogP contribution in [0.2, 0.25) is 0 Å². The van der Waals surface area contributed by atoms with Gasteiger partial charge >= 0.3 is 0 Å². The molecule has 0 N–H and O–H groups in total. The van der Waals surface area contributed by atoms with E-state index in [2.05, 4.69) is 35.8 Å². The molecule has 5 nitrogen and oxygen atoms in total. The van der Waals surface area contributed by atoms with Crippen molar-refractivity contribution in [2.45, 2.75) is 18.9 Å². The fourth-order valence-corrected chi connectivity index (χ4v) is 2.50. The molecule has 2 aromatic heterocycles. The smallest absolute Gasteiger partial charge is 0.225 e. The topological polar surface area (TPSA) is 51.1 Å². The first kappa shape index (κ1) is 13.3. The van der Waals surface area contributed by atoms with Crippen LogP contribution in [-0.4, -0.2) is 34.1 Å². The summed E-state index contributed by atoms with van der Waals surface area (Å²) in [4.78, 5) is 14.9. The SMILES string of the molecule is Brc1cnc(N2CCCC(Oc3cccnc3)C2)nc1. The van der Waals surface area contributed by atoms with Gasteiger partial charge in [0.1, 0.15) is 11.9 Å². The zero-order valence-corrected chi connectivity index (χ0v) is 12.5. The highest BCUT2D eigenvalue weighted by Crippen LogP contribution is 2.20. The zero-order chi connectivity index (χ0) is 13.8. The van der Waals surface area contributed by atoms with Crippen molar-refractivity contribution in [2.24, 2.45) is 0 Å². The Morgan fingerprint density at radius 2 is 2.10 bits per heavy atom. The second-order valence-electron chi connectivity index (χ2n) is 4.72. The highest BCUT2D eigenvalue weighted by atomic mass is 79.9. The van der Waals surface area contributed by atoms with E-state index in [-0.39, 0.29) is 6.10 Å². The molecule has 6 heteroatoms. The molecule has 0 radical (unpaired) electrons. The lowest BCUT2D eigenvalue weighted by molar-refractivity contribution is 0.178. The standard InChI is InChI=1S/C14H15BrN4O/c15-11-7-17-14(18-8-11)19-6-2-4-13(10-19)20-12-3-1-5-16-9-12/h1,3,5,7-9,13H,2,4,6,10H2. The highest BCUT2D eigenvalue weighted by Gasteiger charge is 2.23. The molecule has 1 saturated heterocycles. The van der Waals surface area contributed by atoms with E-state index in [9.17, 15) is 0 Å². The van der Waals surface area contributed by atoms with E-state index < -0.39 is 0 Å². The molecule has 3 heterocycles. The van der Waals surface area contributed by atoms with Crippen LogP contribution in [0.1, 0.15) is 12.8 Å². The lowest BCUT2D eigenvalue weighted by Crippen LogP contribution is -2.42. The van der Waals surface area contributed by atoms with Gasteiger partial charge < -0.3 is 9.64 Å². The van der Waals surface area contributed by atoms with Crippen molar-refractivity contribution >= 4 is 21.9 Å². The maximum atomic E-state index is 5.96. The number of nitrogens with zero attached hydrogens (tertiary/aromatic N) is 4. The van der Waals surface area contributed by atoms with Gasteiger partial charge in [0.25, 0.3) is 0 Å². The van der Waals surface area contributed by atoms with E-state index in [1.807, 2.05) is 12.1 Å². The molecule has 1 aliphatic rings. The molecule has 104 valence electrons. The molecule has 3 rings (SSSR count). The van der Waals surface area contributed by atoms with E-state index in [0.717, 1.165) is 42.1 Å². The van der Waals surface area contributed by atoms with Gasteiger partial charge in [0.2, 0.25) is 5.95 Å². The minimum atomic E-state index is 0.153. The molecule has 0 bridgehead atoms. The largest absolute Gasteiger partial charge is 0.487 e. The number of pyridine rings is 1. The van der Waals surface area contributed by atoms with Crippen molar-refractivity contribution in [1.29, 1.82) is 0 Å². The molecule has 2 aromatic rings. The van der Waals surface area contributed by atoms with E-state index in [1.54, 1.807) is 24.8 Å². The predicted molar refractivity (Wildman–Crippen MR) is 79.8 cm³/mol. The van der Waals surface area contributed by atoms with Crippen LogP contribution in [0.25, 0.3) is 0 Å². The number of anilines is 1. The molecule has 20 heavy (non-hydrogen) atoms. The quantitative estimate of drug-likeness (QED) is 0.863. The minimum Gasteiger partial charge on any atom is -0.487 e. The summed E-state index contributed by atoms with van der Waals surface area (Å²) in [5.41, 5.74) is 0. The van der Waals surface area contributed by atoms with Gasteiger partial charge in [0, 0.05) is 25.1 Å².